The van der Waals surface area contributed by atoms with Gasteiger partial charge in [-0.25, -0.2) is 0 Å². The third-order valence-corrected chi connectivity index (χ3v) is 4.98. The number of esters is 2. The van der Waals surface area contributed by atoms with Crippen molar-refractivity contribution in [1.82, 2.24) is 0 Å². The Morgan fingerprint density at radius 1 is 1.04 bits per heavy atom. The van der Waals surface area contributed by atoms with Gasteiger partial charge in [-0.1, -0.05) is 24.3 Å². The van der Waals surface area contributed by atoms with Gasteiger partial charge in [-0.15, -0.1) is 0 Å². The van der Waals surface area contributed by atoms with Crippen molar-refractivity contribution in [3.8, 4) is 0 Å². The predicted octanol–water partition coefficient (Wildman–Crippen LogP) is 2.71. The molecule has 0 amide bonds. The molecule has 0 bridgehead atoms. The van der Waals surface area contributed by atoms with E-state index in [-0.39, 0.29) is 0 Å². The lowest BCUT2D eigenvalue weighted by Gasteiger charge is -2.39. The number of hydrogen-bond acceptors (Lipinski definition) is 5. The van der Waals surface area contributed by atoms with E-state index >= 15 is 0 Å². The van der Waals surface area contributed by atoms with Gasteiger partial charge in [0, 0.05) is 0 Å². The van der Waals surface area contributed by atoms with Gasteiger partial charge in [0.15, 0.2) is 8.32 Å². The minimum Gasteiger partial charge on any atom is -0.469 e. The molecule has 1 aromatic carbocycles. The van der Waals surface area contributed by atoms with E-state index in [1.54, 1.807) is 0 Å². The summed E-state index contributed by atoms with van der Waals surface area (Å²) in [5.74, 6) is -2.12. The molecule has 0 radical (unpaired) electrons. The lowest BCUT2D eigenvalue weighted by molar-refractivity contribution is -0.163. The molecule has 3 atom stereocenters. The molecule has 1 aromatic rings. The standard InChI is InChI=1S/C17H24O5Si/c1-20-16(18)13-10-11-8-6-7-9-12(11)15(22-23(3,4)5)14(13)17(19)21-2/h6-9,13-15H,10H2,1-5H3. The average molecular weight is 336 g/mol. The number of hydrogen-bond donors (Lipinski definition) is 0. The predicted molar refractivity (Wildman–Crippen MR) is 88.3 cm³/mol. The lowest BCUT2D eigenvalue weighted by Crippen LogP contribution is -2.44. The quantitative estimate of drug-likeness (QED) is 0.625. The van der Waals surface area contributed by atoms with E-state index in [9.17, 15) is 9.59 Å². The number of benzene rings is 1. The molecule has 5 nitrogen and oxygen atoms in total. The lowest BCUT2D eigenvalue weighted by atomic mass is 9.74. The molecule has 0 fully saturated rings. The Balaban J connectivity index is 2.54. The number of carbonyl (C=O) groups is 2. The van der Waals surface area contributed by atoms with Crippen LogP contribution in [0.15, 0.2) is 24.3 Å². The highest BCUT2D eigenvalue weighted by Gasteiger charge is 2.47. The molecule has 0 saturated carbocycles. The highest BCUT2D eigenvalue weighted by Crippen LogP contribution is 2.43. The van der Waals surface area contributed by atoms with Gasteiger partial charge < -0.3 is 13.9 Å². The Kier molecular flexibility index (Phi) is 5.26. The fourth-order valence-corrected chi connectivity index (χ4v) is 4.12. The first-order valence-corrected chi connectivity index (χ1v) is 11.1. The number of carbonyl (C=O) groups excluding carboxylic acids is 2. The van der Waals surface area contributed by atoms with Gasteiger partial charge in [0.25, 0.3) is 0 Å². The zero-order valence-electron chi connectivity index (χ0n) is 14.3. The molecular formula is C17H24O5Si. The molecule has 0 heterocycles. The van der Waals surface area contributed by atoms with E-state index < -0.39 is 38.2 Å². The SMILES string of the molecule is COC(=O)C1Cc2ccccc2C(O[Si](C)(C)C)C1C(=O)OC. The van der Waals surface area contributed by atoms with E-state index in [4.69, 9.17) is 13.9 Å². The van der Waals surface area contributed by atoms with Crippen molar-refractivity contribution >= 4 is 20.3 Å². The van der Waals surface area contributed by atoms with Crippen LogP contribution in [-0.4, -0.2) is 34.5 Å². The second kappa shape index (κ2) is 6.84. The summed E-state index contributed by atoms with van der Waals surface area (Å²) in [7, 11) is 0.727. The summed E-state index contributed by atoms with van der Waals surface area (Å²) in [4.78, 5) is 24.7. The molecule has 2 rings (SSSR count). The second-order valence-electron chi connectivity index (χ2n) is 6.73. The van der Waals surface area contributed by atoms with Crippen molar-refractivity contribution in [2.24, 2.45) is 11.8 Å². The largest absolute Gasteiger partial charge is 0.469 e. The molecule has 0 aromatic heterocycles. The van der Waals surface area contributed by atoms with Gasteiger partial charge in [-0.2, -0.15) is 0 Å². The monoisotopic (exact) mass is 336 g/mol. The molecule has 1 aliphatic rings. The van der Waals surface area contributed by atoms with Crippen LogP contribution in [-0.2, 0) is 29.9 Å². The minimum absolute atomic E-state index is 0.404. The van der Waals surface area contributed by atoms with Gasteiger partial charge in [-0.3, -0.25) is 9.59 Å². The zero-order chi connectivity index (χ0) is 17.2. The summed E-state index contributed by atoms with van der Waals surface area (Å²) in [5, 5.41) is 0. The van der Waals surface area contributed by atoms with Crippen LogP contribution in [0, 0.1) is 11.8 Å². The molecule has 1 aliphatic carbocycles. The smallest absolute Gasteiger partial charge is 0.312 e. The molecule has 3 unspecified atom stereocenters. The van der Waals surface area contributed by atoms with Crippen LogP contribution in [0.1, 0.15) is 17.2 Å². The fourth-order valence-electron chi connectivity index (χ4n) is 3.09. The van der Waals surface area contributed by atoms with Gasteiger partial charge in [0.2, 0.25) is 0 Å². The van der Waals surface area contributed by atoms with Crippen LogP contribution in [0.25, 0.3) is 0 Å². The third kappa shape index (κ3) is 3.82. The molecule has 0 aliphatic heterocycles. The van der Waals surface area contributed by atoms with Crippen molar-refractivity contribution in [2.75, 3.05) is 14.2 Å². The van der Waals surface area contributed by atoms with Crippen LogP contribution in [0.4, 0.5) is 0 Å². The van der Waals surface area contributed by atoms with Crippen molar-refractivity contribution in [1.29, 1.82) is 0 Å². The van der Waals surface area contributed by atoms with Crippen LogP contribution < -0.4 is 0 Å². The summed E-state index contributed by atoms with van der Waals surface area (Å²) in [6.45, 7) is 6.18. The van der Waals surface area contributed by atoms with Gasteiger partial charge in [0.05, 0.1) is 32.2 Å². The summed E-state index contributed by atoms with van der Waals surface area (Å²) in [6, 6.07) is 7.78. The molecule has 23 heavy (non-hydrogen) atoms. The molecule has 0 N–H and O–H groups in total. The van der Waals surface area contributed by atoms with Gasteiger partial charge in [0.1, 0.15) is 0 Å². The van der Waals surface area contributed by atoms with Crippen molar-refractivity contribution in [3.63, 3.8) is 0 Å². The molecule has 126 valence electrons. The van der Waals surface area contributed by atoms with E-state index in [0.717, 1.165) is 11.1 Å². The van der Waals surface area contributed by atoms with Gasteiger partial charge >= 0.3 is 11.9 Å². The maximum Gasteiger partial charge on any atom is 0.312 e. The summed E-state index contributed by atoms with van der Waals surface area (Å²) >= 11 is 0. The van der Waals surface area contributed by atoms with E-state index in [1.807, 2.05) is 24.3 Å². The molecule has 0 spiro atoms. The number of rotatable bonds is 4. The number of fused-ring (bicyclic) bond motifs is 1. The van der Waals surface area contributed by atoms with Crippen LogP contribution in [0.2, 0.25) is 19.6 Å². The maximum absolute atomic E-state index is 12.4. The van der Waals surface area contributed by atoms with Crippen LogP contribution in [0.3, 0.4) is 0 Å². The Bertz CT molecular complexity index is 593. The Morgan fingerprint density at radius 2 is 1.65 bits per heavy atom. The van der Waals surface area contributed by atoms with Crippen LogP contribution in [0.5, 0.6) is 0 Å². The third-order valence-electron chi connectivity index (χ3n) is 4.02. The Morgan fingerprint density at radius 3 is 2.22 bits per heavy atom. The van der Waals surface area contributed by atoms with Crippen molar-refractivity contribution in [3.05, 3.63) is 35.4 Å². The first-order valence-electron chi connectivity index (χ1n) is 7.69. The Labute approximate surface area is 138 Å². The van der Waals surface area contributed by atoms with Crippen molar-refractivity contribution in [2.45, 2.75) is 32.2 Å². The van der Waals surface area contributed by atoms with E-state index in [0.29, 0.717) is 6.42 Å². The number of methoxy groups -OCH3 is 2. The average Bonchev–Trinajstić information content (AvgIpc) is 2.51. The first-order chi connectivity index (χ1) is 10.8. The van der Waals surface area contributed by atoms with E-state index in [2.05, 4.69) is 19.6 Å². The first kappa shape index (κ1) is 17.7. The molecule has 6 heteroatoms. The zero-order valence-corrected chi connectivity index (χ0v) is 15.3. The Hall–Kier alpha value is -1.66. The fraction of sp³-hybridized carbons (Fsp3) is 0.529. The summed E-state index contributed by atoms with van der Waals surface area (Å²) < 4.78 is 16.2. The second-order valence-corrected chi connectivity index (χ2v) is 11.2. The highest BCUT2D eigenvalue weighted by atomic mass is 28.4. The van der Waals surface area contributed by atoms with Gasteiger partial charge in [-0.05, 0) is 37.2 Å². The minimum atomic E-state index is -1.95. The maximum atomic E-state index is 12.4. The summed E-state index contributed by atoms with van der Waals surface area (Å²) in [5.41, 5.74) is 1.98. The normalized spacial score (nSPS) is 23.8. The van der Waals surface area contributed by atoms with Crippen molar-refractivity contribution < 1.29 is 23.5 Å². The number of ether oxygens (including phenoxy) is 2. The summed E-state index contributed by atoms with van der Waals surface area (Å²) in [6.07, 6.45) is -0.0306. The van der Waals surface area contributed by atoms with E-state index in [1.165, 1.54) is 14.2 Å². The molecular weight excluding hydrogens is 312 g/mol. The topological polar surface area (TPSA) is 61.8 Å². The van der Waals surface area contributed by atoms with Crippen LogP contribution >= 0.6 is 0 Å². The molecule has 0 saturated heterocycles. The highest BCUT2D eigenvalue weighted by molar-refractivity contribution is 6.69.